The number of aromatic nitrogens is 5. The second-order valence-electron chi connectivity index (χ2n) is 6.44. The van der Waals surface area contributed by atoms with Crippen LogP contribution >= 0.6 is 11.8 Å². The van der Waals surface area contributed by atoms with Gasteiger partial charge in [-0.25, -0.2) is 0 Å². The van der Waals surface area contributed by atoms with E-state index in [2.05, 4.69) is 25.7 Å². The highest BCUT2D eigenvalue weighted by Gasteiger charge is 2.15. The number of thioether (sulfide) groups is 1. The lowest BCUT2D eigenvalue weighted by Gasteiger charge is -2.08. The maximum Gasteiger partial charge on any atom is 0.237 e. The maximum atomic E-state index is 11.3. The van der Waals surface area contributed by atoms with Crippen molar-refractivity contribution in [3.63, 3.8) is 0 Å². The summed E-state index contributed by atoms with van der Waals surface area (Å²) in [5.41, 5.74) is 2.31. The molecule has 0 atom stereocenters. The molecular weight excluding hydrogens is 416 g/mol. The van der Waals surface area contributed by atoms with Crippen LogP contribution in [0, 0.1) is 0 Å². The molecule has 2 aromatic heterocycles. The third-order valence-electron chi connectivity index (χ3n) is 4.18. The molecule has 0 bridgehead atoms. The van der Waals surface area contributed by atoms with E-state index in [1.807, 2.05) is 60.0 Å². The predicted molar refractivity (Wildman–Crippen MR) is 116 cm³/mol. The number of nitrogens with one attached hydrogen (secondary N) is 1. The fraction of sp³-hybridized carbons (Fsp3) is 0.190. The van der Waals surface area contributed by atoms with Gasteiger partial charge in [-0.15, -0.1) is 10.2 Å². The van der Waals surface area contributed by atoms with Gasteiger partial charge in [0.1, 0.15) is 12.1 Å². The molecule has 0 unspecified atom stereocenters. The molecule has 0 saturated heterocycles. The summed E-state index contributed by atoms with van der Waals surface area (Å²) in [7, 11) is 0. The Morgan fingerprint density at radius 3 is 2.94 bits per heavy atom. The summed E-state index contributed by atoms with van der Waals surface area (Å²) >= 11 is 1.42. The summed E-state index contributed by atoms with van der Waals surface area (Å²) in [5, 5.41) is 15.7. The molecule has 158 valence electrons. The molecule has 0 saturated carbocycles. The zero-order chi connectivity index (χ0) is 21.6. The number of para-hydroxylation sites is 1. The third kappa shape index (κ3) is 4.92. The number of rotatable bonds is 8. The monoisotopic (exact) mass is 436 g/mol. The van der Waals surface area contributed by atoms with Crippen LogP contribution in [-0.2, 0) is 10.5 Å². The van der Waals surface area contributed by atoms with Crippen molar-refractivity contribution in [1.29, 1.82) is 0 Å². The fourth-order valence-corrected chi connectivity index (χ4v) is 3.68. The Morgan fingerprint density at radius 2 is 2.10 bits per heavy atom. The van der Waals surface area contributed by atoms with E-state index in [0.717, 1.165) is 11.3 Å². The van der Waals surface area contributed by atoms with Gasteiger partial charge in [-0.05, 0) is 37.3 Å². The standard InChI is InChI=1S/C21H20N6O3S/c1-3-29-18-10-5-4-9-17(18)20-24-19(30-26-20)12-31-21-25-22-13-27(21)16-8-6-7-15(11-16)23-14(2)28/h4-11,13H,3,12H2,1-2H3,(H,23,28). The number of carbonyl (C=O) groups excluding carboxylic acids is 1. The number of hydrogen-bond acceptors (Lipinski definition) is 8. The van der Waals surface area contributed by atoms with Gasteiger partial charge >= 0.3 is 0 Å². The van der Waals surface area contributed by atoms with E-state index in [-0.39, 0.29) is 5.91 Å². The first-order valence-corrected chi connectivity index (χ1v) is 10.6. The molecule has 10 heteroatoms. The van der Waals surface area contributed by atoms with Gasteiger partial charge < -0.3 is 14.6 Å². The average molecular weight is 436 g/mol. The molecule has 2 heterocycles. The minimum absolute atomic E-state index is 0.131. The van der Waals surface area contributed by atoms with Crippen molar-refractivity contribution in [3.8, 4) is 22.8 Å². The number of benzene rings is 2. The van der Waals surface area contributed by atoms with Crippen molar-refractivity contribution in [2.45, 2.75) is 24.8 Å². The highest BCUT2D eigenvalue weighted by atomic mass is 32.2. The lowest BCUT2D eigenvalue weighted by atomic mass is 10.2. The molecule has 4 aromatic rings. The Bertz CT molecular complexity index is 1190. The molecular formula is C21H20N6O3S. The van der Waals surface area contributed by atoms with Crippen molar-refractivity contribution in [3.05, 3.63) is 60.7 Å². The molecule has 0 radical (unpaired) electrons. The first-order chi connectivity index (χ1) is 15.1. The summed E-state index contributed by atoms with van der Waals surface area (Å²) in [6.07, 6.45) is 1.62. The van der Waals surface area contributed by atoms with Gasteiger partial charge in [0.2, 0.25) is 17.6 Å². The van der Waals surface area contributed by atoms with Crippen LogP contribution in [0.15, 0.2) is 64.5 Å². The van der Waals surface area contributed by atoms with Crippen LogP contribution in [0.25, 0.3) is 17.1 Å². The molecule has 31 heavy (non-hydrogen) atoms. The van der Waals surface area contributed by atoms with Gasteiger partial charge in [0, 0.05) is 12.6 Å². The maximum absolute atomic E-state index is 11.3. The molecule has 9 nitrogen and oxygen atoms in total. The smallest absolute Gasteiger partial charge is 0.237 e. The van der Waals surface area contributed by atoms with E-state index in [0.29, 0.717) is 40.7 Å². The largest absolute Gasteiger partial charge is 0.493 e. The van der Waals surface area contributed by atoms with Crippen molar-refractivity contribution < 1.29 is 14.1 Å². The van der Waals surface area contributed by atoms with E-state index in [9.17, 15) is 4.79 Å². The van der Waals surface area contributed by atoms with Crippen LogP contribution in [0.1, 0.15) is 19.7 Å². The van der Waals surface area contributed by atoms with Gasteiger partial charge in [0.15, 0.2) is 5.16 Å². The first-order valence-electron chi connectivity index (χ1n) is 9.59. The van der Waals surface area contributed by atoms with Crippen LogP contribution in [0.4, 0.5) is 5.69 Å². The van der Waals surface area contributed by atoms with Crippen LogP contribution in [0.3, 0.4) is 0 Å². The second kappa shape index (κ2) is 9.43. The summed E-state index contributed by atoms with van der Waals surface area (Å²) in [6, 6.07) is 15.0. The topological polar surface area (TPSA) is 108 Å². The second-order valence-corrected chi connectivity index (χ2v) is 7.39. The minimum Gasteiger partial charge on any atom is -0.493 e. The van der Waals surface area contributed by atoms with Crippen LogP contribution in [-0.4, -0.2) is 37.4 Å². The van der Waals surface area contributed by atoms with E-state index >= 15 is 0 Å². The first kappa shape index (κ1) is 20.6. The van der Waals surface area contributed by atoms with E-state index < -0.39 is 0 Å². The molecule has 0 fully saturated rings. The van der Waals surface area contributed by atoms with Gasteiger partial charge in [-0.2, -0.15) is 4.98 Å². The van der Waals surface area contributed by atoms with Crippen LogP contribution in [0.2, 0.25) is 0 Å². The Hall–Kier alpha value is -3.66. The summed E-state index contributed by atoms with van der Waals surface area (Å²) in [5.74, 6) is 1.95. The highest BCUT2D eigenvalue weighted by Crippen LogP contribution is 2.29. The van der Waals surface area contributed by atoms with E-state index in [1.54, 1.807) is 6.33 Å². The zero-order valence-electron chi connectivity index (χ0n) is 17.0. The fourth-order valence-electron chi connectivity index (χ4n) is 2.92. The number of ether oxygens (including phenoxy) is 1. The highest BCUT2D eigenvalue weighted by molar-refractivity contribution is 7.98. The molecule has 0 aliphatic heterocycles. The Morgan fingerprint density at radius 1 is 1.23 bits per heavy atom. The van der Waals surface area contributed by atoms with Gasteiger partial charge in [0.05, 0.1) is 23.6 Å². The number of hydrogen-bond donors (Lipinski definition) is 1. The van der Waals surface area contributed by atoms with Gasteiger partial charge in [0.25, 0.3) is 0 Å². The molecule has 2 aromatic carbocycles. The predicted octanol–water partition coefficient (Wildman–Crippen LogP) is 3.97. The molecule has 0 aliphatic rings. The Kier molecular flexibility index (Phi) is 6.27. The van der Waals surface area contributed by atoms with Crippen molar-refractivity contribution in [2.24, 2.45) is 0 Å². The van der Waals surface area contributed by atoms with Crippen molar-refractivity contribution >= 4 is 23.4 Å². The molecule has 1 N–H and O–H groups in total. The molecule has 1 amide bonds. The number of carbonyl (C=O) groups is 1. The number of anilines is 1. The molecule has 4 rings (SSSR count). The van der Waals surface area contributed by atoms with Crippen molar-refractivity contribution in [1.82, 2.24) is 24.9 Å². The summed E-state index contributed by atoms with van der Waals surface area (Å²) < 4.78 is 12.9. The Balaban J connectivity index is 1.49. The summed E-state index contributed by atoms with van der Waals surface area (Å²) in [4.78, 5) is 15.8. The summed E-state index contributed by atoms with van der Waals surface area (Å²) in [6.45, 7) is 3.95. The average Bonchev–Trinajstić information content (AvgIpc) is 3.42. The lowest BCUT2D eigenvalue weighted by molar-refractivity contribution is -0.114. The minimum atomic E-state index is -0.131. The zero-order valence-corrected chi connectivity index (χ0v) is 17.8. The van der Waals surface area contributed by atoms with E-state index in [1.165, 1.54) is 18.7 Å². The van der Waals surface area contributed by atoms with Crippen LogP contribution in [0.5, 0.6) is 5.75 Å². The number of amides is 1. The van der Waals surface area contributed by atoms with Gasteiger partial charge in [-0.1, -0.05) is 35.1 Å². The van der Waals surface area contributed by atoms with Gasteiger partial charge in [-0.3, -0.25) is 9.36 Å². The van der Waals surface area contributed by atoms with E-state index in [4.69, 9.17) is 9.26 Å². The Labute approximate surface area is 182 Å². The van der Waals surface area contributed by atoms with Crippen LogP contribution < -0.4 is 10.1 Å². The SMILES string of the molecule is CCOc1ccccc1-c1noc(CSc2nncn2-c2cccc(NC(C)=O)c2)n1. The number of nitrogens with zero attached hydrogens (tertiary/aromatic N) is 5. The quantitative estimate of drug-likeness (QED) is 0.414. The normalized spacial score (nSPS) is 10.8. The molecule has 0 spiro atoms. The van der Waals surface area contributed by atoms with Crippen molar-refractivity contribution in [2.75, 3.05) is 11.9 Å². The third-order valence-corrected chi connectivity index (χ3v) is 5.11. The lowest BCUT2D eigenvalue weighted by Crippen LogP contribution is -2.06. The molecule has 0 aliphatic carbocycles.